The van der Waals surface area contributed by atoms with Crippen LogP contribution in [0.2, 0.25) is 0 Å². The first-order chi connectivity index (χ1) is 36.6. The monoisotopic (exact) mass is 941 g/mol. The molecule has 348 valence electrons. The average molecular weight is 942 g/mol. The first kappa shape index (κ1) is 43.5. The Morgan fingerprint density at radius 1 is 0.270 bits per heavy atom. The van der Waals surface area contributed by atoms with Crippen molar-refractivity contribution in [3.05, 3.63) is 330 Å². The van der Waals surface area contributed by atoms with Crippen molar-refractivity contribution in [2.24, 2.45) is 0 Å². The molecule has 14 rings (SSSR count). The van der Waals surface area contributed by atoms with Crippen molar-refractivity contribution in [1.82, 2.24) is 0 Å². The van der Waals surface area contributed by atoms with Gasteiger partial charge in [0.2, 0.25) is 0 Å². The summed E-state index contributed by atoms with van der Waals surface area (Å²) in [4.78, 5) is 2.46. The minimum absolute atomic E-state index is 0.277. The highest BCUT2D eigenvalue weighted by Crippen LogP contribution is 2.58. The molecule has 2 aliphatic rings. The van der Waals surface area contributed by atoms with Crippen LogP contribution in [0.1, 0.15) is 45.9 Å². The van der Waals surface area contributed by atoms with Gasteiger partial charge in [0.05, 0.1) is 11.1 Å². The molecule has 2 aliphatic carbocycles. The number of benzene rings is 12. The van der Waals surface area contributed by atoms with Gasteiger partial charge in [0.1, 0.15) is 0 Å². The van der Waals surface area contributed by atoms with Crippen molar-refractivity contribution >= 4 is 27.8 Å². The summed E-state index contributed by atoms with van der Waals surface area (Å²) in [7, 11) is 0. The zero-order valence-electron chi connectivity index (χ0n) is 41.2. The molecule has 0 saturated heterocycles. The van der Waals surface area contributed by atoms with Crippen molar-refractivity contribution < 1.29 is 0 Å². The number of nitrogens with zero attached hydrogens (tertiary/aromatic N) is 1. The van der Waals surface area contributed by atoms with Gasteiger partial charge in [-0.15, -0.1) is 0 Å². The molecule has 12 aromatic rings. The fourth-order valence-corrected chi connectivity index (χ4v) is 12.8. The highest BCUT2D eigenvalue weighted by molar-refractivity contribution is 5.99. The van der Waals surface area contributed by atoms with Crippen LogP contribution in [0.25, 0.3) is 66.4 Å². The maximum Gasteiger partial charge on any atom is 0.0713 e. The smallest absolute Gasteiger partial charge is 0.0713 e. The lowest BCUT2D eigenvalue weighted by Crippen LogP contribution is -2.28. The summed E-state index contributed by atoms with van der Waals surface area (Å²) in [5, 5.41) is 2.47. The first-order valence-corrected chi connectivity index (χ1v) is 25.8. The largest absolute Gasteiger partial charge is 0.310 e. The van der Waals surface area contributed by atoms with Crippen LogP contribution in [0.5, 0.6) is 0 Å². The van der Waals surface area contributed by atoms with E-state index in [-0.39, 0.29) is 5.41 Å². The molecular formula is C73H51N. The fraction of sp³-hybridized carbons (Fsp3) is 0.0411. The van der Waals surface area contributed by atoms with Gasteiger partial charge in [-0.1, -0.05) is 249 Å². The lowest BCUT2D eigenvalue weighted by atomic mass is 9.67. The van der Waals surface area contributed by atoms with E-state index < -0.39 is 5.41 Å². The van der Waals surface area contributed by atoms with Crippen LogP contribution in [-0.4, -0.2) is 0 Å². The van der Waals surface area contributed by atoms with Crippen LogP contribution >= 0.6 is 0 Å². The Balaban J connectivity index is 0.936. The molecule has 1 heteroatoms. The van der Waals surface area contributed by atoms with Crippen molar-refractivity contribution in [2.45, 2.75) is 17.8 Å². The minimum atomic E-state index is -0.513. The molecule has 0 aromatic heterocycles. The summed E-state index contributed by atoms with van der Waals surface area (Å²) in [6.07, 6.45) is 0. The van der Waals surface area contributed by atoms with Crippen LogP contribution in [-0.2, 0) is 10.8 Å². The number of fused-ring (bicyclic) bond motifs is 7. The van der Waals surface area contributed by atoms with E-state index in [4.69, 9.17) is 0 Å². The summed E-state index contributed by atoms with van der Waals surface area (Å²) in [6, 6.07) is 108. The highest BCUT2D eigenvalue weighted by Gasteiger charge is 2.46. The molecule has 74 heavy (non-hydrogen) atoms. The van der Waals surface area contributed by atoms with Gasteiger partial charge >= 0.3 is 0 Å². The van der Waals surface area contributed by atoms with E-state index in [9.17, 15) is 0 Å². The van der Waals surface area contributed by atoms with Crippen LogP contribution in [0, 0.1) is 0 Å². The molecule has 0 N–H and O–H groups in total. The molecule has 1 unspecified atom stereocenters. The van der Waals surface area contributed by atoms with Crippen LogP contribution in [0.4, 0.5) is 17.1 Å². The molecule has 0 heterocycles. The fourth-order valence-electron chi connectivity index (χ4n) is 12.8. The standard InChI is InChI=1S/C73H51N/c1-72(55-24-5-2-6-25-55)67-36-16-13-33-63(67)65-45-41-52(48-69(65)72)50-39-43-58(44-40-50)74(59-30-19-23-53(47-59)61-35-20-22-51-21-11-12-31-60(51)61)71-38-18-15-32-62(71)54-42-46-66-64-34-14-17-37-68(64)73(70(66)49-54,56-26-7-3-8-27-56)57-28-9-4-10-29-57/h2-49H,1H3. The van der Waals surface area contributed by atoms with E-state index >= 15 is 0 Å². The first-order valence-electron chi connectivity index (χ1n) is 25.8. The number of para-hydroxylation sites is 1. The molecular weight excluding hydrogens is 891 g/mol. The van der Waals surface area contributed by atoms with Gasteiger partial charge in [-0.3, -0.25) is 0 Å². The average Bonchev–Trinajstić information content (AvgIpc) is 3.92. The zero-order valence-corrected chi connectivity index (χ0v) is 41.2. The Kier molecular flexibility index (Phi) is 10.3. The van der Waals surface area contributed by atoms with Gasteiger partial charge in [0.15, 0.2) is 0 Å². The Bertz CT molecular complexity index is 4030. The molecule has 12 aromatic carbocycles. The van der Waals surface area contributed by atoms with Crippen molar-refractivity contribution in [2.75, 3.05) is 4.90 Å². The summed E-state index contributed by atoms with van der Waals surface area (Å²) >= 11 is 0. The Hall–Kier alpha value is -9.30. The molecule has 0 fully saturated rings. The van der Waals surface area contributed by atoms with Crippen molar-refractivity contribution in [3.8, 4) is 55.6 Å². The second kappa shape index (κ2) is 17.5. The SMILES string of the molecule is CC1(c2ccccc2)c2ccccc2-c2ccc(-c3ccc(N(c4cccc(-c5cccc6ccccc56)c4)c4ccccc4-c4ccc5c(c4)C(c4ccccc4)(c4ccccc4)c4ccccc4-5)cc3)cc21. The van der Waals surface area contributed by atoms with Crippen LogP contribution in [0.15, 0.2) is 291 Å². The predicted molar refractivity (Wildman–Crippen MR) is 310 cm³/mol. The Morgan fingerprint density at radius 2 is 0.757 bits per heavy atom. The molecule has 0 bridgehead atoms. The molecule has 0 saturated carbocycles. The topological polar surface area (TPSA) is 3.24 Å². The maximum atomic E-state index is 2.48. The molecule has 0 aliphatic heterocycles. The van der Waals surface area contributed by atoms with E-state index in [0.717, 1.165) is 28.2 Å². The summed E-state index contributed by atoms with van der Waals surface area (Å²) < 4.78 is 0. The minimum Gasteiger partial charge on any atom is -0.310 e. The zero-order chi connectivity index (χ0) is 49.2. The van der Waals surface area contributed by atoms with Crippen LogP contribution in [0.3, 0.4) is 0 Å². The van der Waals surface area contributed by atoms with Crippen molar-refractivity contribution in [1.29, 1.82) is 0 Å². The quantitative estimate of drug-likeness (QED) is 0.139. The Labute approximate surface area is 434 Å². The third-order valence-electron chi connectivity index (χ3n) is 16.2. The number of anilines is 3. The van der Waals surface area contributed by atoms with E-state index in [0.29, 0.717) is 0 Å². The summed E-state index contributed by atoms with van der Waals surface area (Å²) in [5.41, 5.74) is 23.8. The lowest BCUT2D eigenvalue weighted by Gasteiger charge is -2.34. The van der Waals surface area contributed by atoms with Crippen LogP contribution < -0.4 is 4.90 Å². The second-order valence-corrected chi connectivity index (χ2v) is 20.1. The van der Waals surface area contributed by atoms with Crippen molar-refractivity contribution in [3.63, 3.8) is 0 Å². The normalized spacial score (nSPS) is 14.7. The van der Waals surface area contributed by atoms with Gasteiger partial charge in [-0.25, -0.2) is 0 Å². The van der Waals surface area contributed by atoms with E-state index in [1.54, 1.807) is 0 Å². The molecule has 0 radical (unpaired) electrons. The van der Waals surface area contributed by atoms with E-state index in [1.165, 1.54) is 94.2 Å². The number of rotatable bonds is 9. The van der Waals surface area contributed by atoms with E-state index in [2.05, 4.69) is 303 Å². The summed E-state index contributed by atoms with van der Waals surface area (Å²) in [5.74, 6) is 0. The molecule has 1 nitrogen and oxygen atoms in total. The third kappa shape index (κ3) is 6.70. The molecule has 1 atom stereocenters. The van der Waals surface area contributed by atoms with Gasteiger partial charge in [0, 0.05) is 22.4 Å². The number of hydrogen-bond acceptors (Lipinski definition) is 1. The maximum absolute atomic E-state index is 2.48. The van der Waals surface area contributed by atoms with Gasteiger partial charge < -0.3 is 4.90 Å². The molecule has 0 amide bonds. The number of hydrogen-bond donors (Lipinski definition) is 0. The molecule has 0 spiro atoms. The summed E-state index contributed by atoms with van der Waals surface area (Å²) in [6.45, 7) is 2.39. The van der Waals surface area contributed by atoms with Gasteiger partial charge in [0.25, 0.3) is 0 Å². The highest BCUT2D eigenvalue weighted by atomic mass is 15.1. The van der Waals surface area contributed by atoms with Gasteiger partial charge in [-0.2, -0.15) is 0 Å². The van der Waals surface area contributed by atoms with Gasteiger partial charge in [-0.05, 0) is 149 Å². The third-order valence-corrected chi connectivity index (χ3v) is 16.2. The predicted octanol–water partition coefficient (Wildman–Crippen LogP) is 19.0. The Morgan fingerprint density at radius 3 is 1.49 bits per heavy atom. The second-order valence-electron chi connectivity index (χ2n) is 20.1. The lowest BCUT2D eigenvalue weighted by molar-refractivity contribution is 0.714. The van der Waals surface area contributed by atoms with E-state index in [1.807, 2.05) is 0 Å².